The molecule has 1 rings (SSSR count). The molecule has 0 amide bonds. The lowest BCUT2D eigenvalue weighted by Crippen LogP contribution is -2.07. The van der Waals surface area contributed by atoms with E-state index in [9.17, 15) is 4.79 Å². The van der Waals surface area contributed by atoms with Crippen molar-refractivity contribution in [1.82, 2.24) is 0 Å². The highest BCUT2D eigenvalue weighted by molar-refractivity contribution is 6.32. The van der Waals surface area contributed by atoms with Crippen LogP contribution in [0.3, 0.4) is 0 Å². The Balaban J connectivity index is 2.78. The maximum atomic E-state index is 11.2. The lowest BCUT2D eigenvalue weighted by molar-refractivity contribution is -0.140. The summed E-state index contributed by atoms with van der Waals surface area (Å²) in [5.41, 5.74) is -0.0222. The SMILES string of the molecule is C=C(C)C(=O)OC(Cl)c1ccccc1Cl. The van der Waals surface area contributed by atoms with Gasteiger partial charge in [-0.3, -0.25) is 0 Å². The molecule has 0 spiro atoms. The number of benzene rings is 1. The van der Waals surface area contributed by atoms with Gasteiger partial charge in [-0.1, -0.05) is 48.0 Å². The Labute approximate surface area is 98.4 Å². The number of halogens is 2. The molecular weight excluding hydrogens is 235 g/mol. The molecular formula is C11H10Cl2O2. The molecule has 0 aromatic heterocycles. The third-order valence-electron chi connectivity index (χ3n) is 1.71. The van der Waals surface area contributed by atoms with Crippen molar-refractivity contribution in [3.63, 3.8) is 0 Å². The summed E-state index contributed by atoms with van der Waals surface area (Å²) in [5.74, 6) is -0.532. The molecule has 15 heavy (non-hydrogen) atoms. The molecule has 1 atom stereocenters. The fourth-order valence-corrected chi connectivity index (χ4v) is 1.48. The Hall–Kier alpha value is -0.990. The van der Waals surface area contributed by atoms with Gasteiger partial charge in [-0.2, -0.15) is 0 Å². The summed E-state index contributed by atoms with van der Waals surface area (Å²) in [5, 5.41) is 0.465. The van der Waals surface area contributed by atoms with Crippen LogP contribution < -0.4 is 0 Å². The van der Waals surface area contributed by atoms with E-state index in [1.807, 2.05) is 0 Å². The van der Waals surface area contributed by atoms with Gasteiger partial charge in [-0.15, -0.1) is 0 Å². The minimum Gasteiger partial charge on any atom is -0.438 e. The van der Waals surface area contributed by atoms with E-state index in [0.717, 1.165) is 0 Å². The van der Waals surface area contributed by atoms with E-state index in [1.54, 1.807) is 31.2 Å². The highest BCUT2D eigenvalue weighted by Crippen LogP contribution is 2.28. The molecule has 0 radical (unpaired) electrons. The topological polar surface area (TPSA) is 26.3 Å². The van der Waals surface area contributed by atoms with Gasteiger partial charge in [0.15, 0.2) is 0 Å². The molecule has 2 nitrogen and oxygen atoms in total. The zero-order valence-electron chi connectivity index (χ0n) is 8.17. The van der Waals surface area contributed by atoms with Crippen molar-refractivity contribution >= 4 is 29.2 Å². The molecule has 1 aromatic rings. The molecule has 1 aromatic carbocycles. The van der Waals surface area contributed by atoms with Crippen LogP contribution in [0.25, 0.3) is 0 Å². The van der Waals surface area contributed by atoms with Gasteiger partial charge in [0.25, 0.3) is 0 Å². The van der Waals surface area contributed by atoms with Crippen LogP contribution in [0, 0.1) is 0 Å². The minimum absolute atomic E-state index is 0.299. The third kappa shape index (κ3) is 3.26. The lowest BCUT2D eigenvalue weighted by Gasteiger charge is -2.12. The number of esters is 1. The average Bonchev–Trinajstić information content (AvgIpc) is 2.18. The molecule has 0 saturated heterocycles. The summed E-state index contributed by atoms with van der Waals surface area (Å²) in [6.07, 6.45) is 0. The molecule has 1 unspecified atom stereocenters. The molecule has 0 aliphatic carbocycles. The molecule has 0 aliphatic heterocycles. The number of alkyl halides is 1. The fraction of sp³-hybridized carbons (Fsp3) is 0.182. The van der Waals surface area contributed by atoms with Crippen LogP contribution in [0.1, 0.15) is 18.1 Å². The smallest absolute Gasteiger partial charge is 0.334 e. The number of rotatable bonds is 3. The Morgan fingerprint density at radius 2 is 2.07 bits per heavy atom. The van der Waals surface area contributed by atoms with Crippen molar-refractivity contribution in [2.75, 3.05) is 0 Å². The van der Waals surface area contributed by atoms with Gasteiger partial charge in [0.2, 0.25) is 5.56 Å². The van der Waals surface area contributed by atoms with Crippen LogP contribution in [0.5, 0.6) is 0 Å². The molecule has 80 valence electrons. The second-order valence-electron chi connectivity index (χ2n) is 3.02. The number of ether oxygens (including phenoxy) is 1. The Bertz CT molecular complexity index is 388. The van der Waals surface area contributed by atoms with Crippen molar-refractivity contribution in [2.45, 2.75) is 12.5 Å². The van der Waals surface area contributed by atoms with E-state index in [4.69, 9.17) is 27.9 Å². The highest BCUT2D eigenvalue weighted by atomic mass is 35.5. The van der Waals surface area contributed by atoms with Crippen molar-refractivity contribution in [3.05, 3.63) is 47.0 Å². The van der Waals surface area contributed by atoms with Crippen LogP contribution in [-0.4, -0.2) is 5.97 Å². The van der Waals surface area contributed by atoms with E-state index in [1.165, 1.54) is 0 Å². The maximum absolute atomic E-state index is 11.2. The molecule has 4 heteroatoms. The van der Waals surface area contributed by atoms with Gasteiger partial charge in [-0.25, -0.2) is 4.79 Å². The van der Waals surface area contributed by atoms with Crippen molar-refractivity contribution in [3.8, 4) is 0 Å². The summed E-state index contributed by atoms with van der Waals surface area (Å²) in [7, 11) is 0. The molecule has 0 aliphatic rings. The summed E-state index contributed by atoms with van der Waals surface area (Å²) in [4.78, 5) is 11.2. The Morgan fingerprint density at radius 1 is 1.47 bits per heavy atom. The second-order valence-corrected chi connectivity index (χ2v) is 3.83. The predicted octanol–water partition coefficient (Wildman–Crippen LogP) is 3.70. The molecule has 0 saturated carbocycles. The molecule has 0 N–H and O–H groups in total. The minimum atomic E-state index is -0.886. The van der Waals surface area contributed by atoms with Crippen molar-refractivity contribution in [1.29, 1.82) is 0 Å². The van der Waals surface area contributed by atoms with E-state index in [-0.39, 0.29) is 0 Å². The summed E-state index contributed by atoms with van der Waals surface area (Å²) >= 11 is 11.8. The monoisotopic (exact) mass is 244 g/mol. The first-order valence-electron chi connectivity index (χ1n) is 4.27. The molecule has 0 fully saturated rings. The number of carbonyl (C=O) groups excluding carboxylic acids is 1. The van der Waals surface area contributed by atoms with Crippen LogP contribution in [0.2, 0.25) is 5.02 Å². The largest absolute Gasteiger partial charge is 0.438 e. The number of carbonyl (C=O) groups is 1. The summed E-state index contributed by atoms with van der Waals surface area (Å²) < 4.78 is 4.92. The predicted molar refractivity (Wildman–Crippen MR) is 61.0 cm³/mol. The highest BCUT2D eigenvalue weighted by Gasteiger charge is 2.16. The van der Waals surface area contributed by atoms with Gasteiger partial charge in [0.1, 0.15) is 0 Å². The van der Waals surface area contributed by atoms with Crippen molar-refractivity contribution < 1.29 is 9.53 Å². The average molecular weight is 245 g/mol. The zero-order chi connectivity index (χ0) is 11.4. The van der Waals surface area contributed by atoms with Crippen LogP contribution in [0.4, 0.5) is 0 Å². The first-order chi connectivity index (χ1) is 7.02. The van der Waals surface area contributed by atoms with E-state index in [2.05, 4.69) is 6.58 Å². The molecule has 0 bridgehead atoms. The van der Waals surface area contributed by atoms with Gasteiger partial charge >= 0.3 is 5.97 Å². The van der Waals surface area contributed by atoms with E-state index in [0.29, 0.717) is 16.2 Å². The van der Waals surface area contributed by atoms with E-state index >= 15 is 0 Å². The Kier molecular flexibility index (Phi) is 4.18. The van der Waals surface area contributed by atoms with Gasteiger partial charge < -0.3 is 4.74 Å². The number of hydrogen-bond donors (Lipinski definition) is 0. The van der Waals surface area contributed by atoms with Crippen LogP contribution in [0.15, 0.2) is 36.4 Å². The Morgan fingerprint density at radius 3 is 2.60 bits per heavy atom. The zero-order valence-corrected chi connectivity index (χ0v) is 9.68. The number of hydrogen-bond acceptors (Lipinski definition) is 2. The summed E-state index contributed by atoms with van der Waals surface area (Å²) in [6, 6.07) is 6.92. The fourth-order valence-electron chi connectivity index (χ4n) is 0.917. The first-order valence-corrected chi connectivity index (χ1v) is 5.09. The van der Waals surface area contributed by atoms with Gasteiger partial charge in [0, 0.05) is 16.2 Å². The standard InChI is InChI=1S/C11H10Cl2O2/c1-7(2)11(14)15-10(13)8-5-3-4-6-9(8)12/h3-6,10H,1H2,2H3. The lowest BCUT2D eigenvalue weighted by atomic mass is 10.2. The van der Waals surface area contributed by atoms with Gasteiger partial charge in [0.05, 0.1) is 0 Å². The van der Waals surface area contributed by atoms with Crippen LogP contribution in [-0.2, 0) is 9.53 Å². The first kappa shape index (κ1) is 12.1. The molecule has 0 heterocycles. The summed E-state index contributed by atoms with van der Waals surface area (Å²) in [6.45, 7) is 5.01. The van der Waals surface area contributed by atoms with E-state index < -0.39 is 11.5 Å². The second kappa shape index (κ2) is 5.19. The maximum Gasteiger partial charge on any atom is 0.334 e. The van der Waals surface area contributed by atoms with Crippen LogP contribution >= 0.6 is 23.2 Å². The normalized spacial score (nSPS) is 11.9. The quantitative estimate of drug-likeness (QED) is 0.461. The van der Waals surface area contributed by atoms with Gasteiger partial charge in [-0.05, 0) is 13.0 Å². The third-order valence-corrected chi connectivity index (χ3v) is 2.38. The van der Waals surface area contributed by atoms with Crippen molar-refractivity contribution in [2.24, 2.45) is 0 Å².